The van der Waals surface area contributed by atoms with Crippen molar-refractivity contribution in [3.8, 4) is 0 Å². The van der Waals surface area contributed by atoms with Crippen LogP contribution >= 0.6 is 0 Å². The van der Waals surface area contributed by atoms with Crippen LogP contribution in [0.25, 0.3) is 0 Å². The quantitative estimate of drug-likeness (QED) is 0.833. The Morgan fingerprint density at radius 2 is 1.95 bits per heavy atom. The van der Waals surface area contributed by atoms with Gasteiger partial charge in [-0.3, -0.25) is 4.90 Å². The van der Waals surface area contributed by atoms with Gasteiger partial charge in [0.1, 0.15) is 0 Å². The van der Waals surface area contributed by atoms with Gasteiger partial charge in [0, 0.05) is 31.2 Å². The van der Waals surface area contributed by atoms with Crippen LogP contribution in [0.15, 0.2) is 0 Å². The number of hydrogen-bond acceptors (Lipinski definition) is 3. The molecule has 2 heterocycles. The predicted molar refractivity (Wildman–Crippen MR) is 80.5 cm³/mol. The van der Waals surface area contributed by atoms with Crippen molar-refractivity contribution < 1.29 is 4.74 Å². The first kappa shape index (κ1) is 15.3. The first-order valence-corrected chi connectivity index (χ1v) is 7.82. The minimum Gasteiger partial charge on any atom is -0.374 e. The van der Waals surface area contributed by atoms with E-state index in [0.29, 0.717) is 23.7 Å². The number of nitrogens with one attached hydrogen (secondary N) is 1. The summed E-state index contributed by atoms with van der Waals surface area (Å²) >= 11 is 0. The summed E-state index contributed by atoms with van der Waals surface area (Å²) in [5, 5.41) is 3.70. The van der Waals surface area contributed by atoms with Gasteiger partial charge in [-0.2, -0.15) is 0 Å². The highest BCUT2D eigenvalue weighted by Crippen LogP contribution is 2.30. The van der Waals surface area contributed by atoms with Gasteiger partial charge in [-0.15, -0.1) is 0 Å². The highest BCUT2D eigenvalue weighted by molar-refractivity contribution is 4.97. The highest BCUT2D eigenvalue weighted by Gasteiger charge is 2.39. The molecule has 0 radical (unpaired) electrons. The molecule has 19 heavy (non-hydrogen) atoms. The smallest absolute Gasteiger partial charge is 0.0706 e. The molecule has 112 valence electrons. The molecule has 0 aliphatic carbocycles. The standard InChI is InChI=1S/C16H32N2O/c1-12-7-8-13(19-12)10-18-11-16(5,6)17-9-14(18)15(2,3)4/h12-14,17H,7-11H2,1-6H3. The molecule has 1 N–H and O–H groups in total. The monoisotopic (exact) mass is 268 g/mol. The molecule has 3 nitrogen and oxygen atoms in total. The summed E-state index contributed by atoms with van der Waals surface area (Å²) < 4.78 is 6.03. The molecule has 0 aromatic carbocycles. The maximum Gasteiger partial charge on any atom is 0.0706 e. The van der Waals surface area contributed by atoms with E-state index < -0.39 is 0 Å². The topological polar surface area (TPSA) is 24.5 Å². The first-order valence-electron chi connectivity index (χ1n) is 7.82. The third kappa shape index (κ3) is 3.93. The molecule has 2 saturated heterocycles. The lowest BCUT2D eigenvalue weighted by molar-refractivity contribution is -0.0215. The van der Waals surface area contributed by atoms with Crippen LogP contribution in [0, 0.1) is 5.41 Å². The van der Waals surface area contributed by atoms with Crippen molar-refractivity contribution in [2.45, 2.75) is 78.2 Å². The summed E-state index contributed by atoms with van der Waals surface area (Å²) in [7, 11) is 0. The molecule has 3 heteroatoms. The SMILES string of the molecule is CC1CCC(CN2CC(C)(C)NCC2C(C)(C)C)O1. The van der Waals surface area contributed by atoms with E-state index in [1.54, 1.807) is 0 Å². The van der Waals surface area contributed by atoms with Crippen LogP contribution in [-0.2, 0) is 4.74 Å². The Hall–Kier alpha value is -0.120. The minimum absolute atomic E-state index is 0.214. The number of hydrogen-bond donors (Lipinski definition) is 1. The molecule has 3 unspecified atom stereocenters. The van der Waals surface area contributed by atoms with Gasteiger partial charge in [0.15, 0.2) is 0 Å². The lowest BCUT2D eigenvalue weighted by Crippen LogP contribution is -2.65. The van der Waals surface area contributed by atoms with Gasteiger partial charge in [-0.1, -0.05) is 20.8 Å². The van der Waals surface area contributed by atoms with Gasteiger partial charge < -0.3 is 10.1 Å². The van der Waals surface area contributed by atoms with Crippen LogP contribution in [0.2, 0.25) is 0 Å². The van der Waals surface area contributed by atoms with E-state index in [1.807, 2.05) is 0 Å². The van der Waals surface area contributed by atoms with Crippen molar-refractivity contribution in [2.24, 2.45) is 5.41 Å². The first-order chi connectivity index (χ1) is 8.67. The third-order valence-electron chi connectivity index (χ3n) is 4.57. The van der Waals surface area contributed by atoms with Crippen LogP contribution in [-0.4, -0.2) is 48.3 Å². The summed E-state index contributed by atoms with van der Waals surface area (Å²) in [6, 6.07) is 0.597. The van der Waals surface area contributed by atoms with E-state index in [0.717, 1.165) is 19.6 Å². The molecular formula is C16H32N2O. The van der Waals surface area contributed by atoms with Crippen LogP contribution in [0.4, 0.5) is 0 Å². The summed E-state index contributed by atoms with van der Waals surface area (Å²) in [5.41, 5.74) is 0.527. The number of piperazine rings is 1. The lowest BCUT2D eigenvalue weighted by Gasteiger charge is -2.50. The van der Waals surface area contributed by atoms with E-state index in [-0.39, 0.29) is 5.54 Å². The van der Waals surface area contributed by atoms with Gasteiger partial charge in [0.25, 0.3) is 0 Å². The molecular weight excluding hydrogens is 236 g/mol. The molecule has 0 amide bonds. The van der Waals surface area contributed by atoms with Gasteiger partial charge >= 0.3 is 0 Å². The van der Waals surface area contributed by atoms with Crippen molar-refractivity contribution in [2.75, 3.05) is 19.6 Å². The van der Waals surface area contributed by atoms with Gasteiger partial charge in [-0.25, -0.2) is 0 Å². The van der Waals surface area contributed by atoms with Crippen LogP contribution < -0.4 is 5.32 Å². The fourth-order valence-corrected chi connectivity index (χ4v) is 3.50. The second-order valence-electron chi connectivity index (χ2n) is 8.22. The van der Waals surface area contributed by atoms with Crippen molar-refractivity contribution in [3.05, 3.63) is 0 Å². The van der Waals surface area contributed by atoms with E-state index in [9.17, 15) is 0 Å². The second kappa shape index (κ2) is 5.34. The molecule has 2 aliphatic rings. The van der Waals surface area contributed by atoms with Crippen molar-refractivity contribution in [1.29, 1.82) is 0 Å². The molecule has 3 atom stereocenters. The second-order valence-corrected chi connectivity index (χ2v) is 8.22. The Morgan fingerprint density at radius 3 is 2.47 bits per heavy atom. The van der Waals surface area contributed by atoms with Crippen molar-refractivity contribution >= 4 is 0 Å². The minimum atomic E-state index is 0.214. The van der Waals surface area contributed by atoms with Crippen LogP contribution in [0.5, 0.6) is 0 Å². The van der Waals surface area contributed by atoms with Crippen molar-refractivity contribution in [3.63, 3.8) is 0 Å². The summed E-state index contributed by atoms with van der Waals surface area (Å²) in [6.45, 7) is 17.1. The van der Waals surface area contributed by atoms with Gasteiger partial charge in [-0.05, 0) is 39.0 Å². The molecule has 0 saturated carbocycles. The largest absolute Gasteiger partial charge is 0.374 e. The number of ether oxygens (including phenoxy) is 1. The Morgan fingerprint density at radius 1 is 1.26 bits per heavy atom. The Bertz CT molecular complexity index is 308. The average Bonchev–Trinajstić information content (AvgIpc) is 2.60. The summed E-state index contributed by atoms with van der Waals surface area (Å²) in [5.74, 6) is 0. The zero-order valence-corrected chi connectivity index (χ0v) is 13.6. The Labute approximate surface area is 119 Å². The molecule has 2 rings (SSSR count). The van der Waals surface area contributed by atoms with Crippen molar-refractivity contribution in [1.82, 2.24) is 10.2 Å². The fourth-order valence-electron chi connectivity index (χ4n) is 3.50. The fraction of sp³-hybridized carbons (Fsp3) is 1.00. The van der Waals surface area contributed by atoms with E-state index in [2.05, 4.69) is 51.8 Å². The third-order valence-corrected chi connectivity index (χ3v) is 4.57. The normalized spacial score (nSPS) is 36.6. The summed E-state index contributed by atoms with van der Waals surface area (Å²) in [6.07, 6.45) is 3.34. The molecule has 0 aromatic heterocycles. The van der Waals surface area contributed by atoms with Crippen LogP contribution in [0.1, 0.15) is 54.4 Å². The Kier molecular flexibility index (Phi) is 4.29. The molecule has 0 bridgehead atoms. The zero-order chi connectivity index (χ0) is 14.3. The predicted octanol–water partition coefficient (Wildman–Crippen LogP) is 2.65. The molecule has 2 aliphatic heterocycles. The maximum absolute atomic E-state index is 6.03. The Balaban J connectivity index is 2.03. The lowest BCUT2D eigenvalue weighted by atomic mass is 9.82. The molecule has 0 spiro atoms. The van der Waals surface area contributed by atoms with E-state index >= 15 is 0 Å². The highest BCUT2D eigenvalue weighted by atomic mass is 16.5. The summed E-state index contributed by atoms with van der Waals surface area (Å²) in [4.78, 5) is 2.67. The molecule has 2 fully saturated rings. The van der Waals surface area contributed by atoms with E-state index in [4.69, 9.17) is 4.74 Å². The maximum atomic E-state index is 6.03. The van der Waals surface area contributed by atoms with Gasteiger partial charge in [0.05, 0.1) is 12.2 Å². The zero-order valence-electron chi connectivity index (χ0n) is 13.6. The number of rotatable bonds is 2. The van der Waals surface area contributed by atoms with Crippen LogP contribution in [0.3, 0.4) is 0 Å². The average molecular weight is 268 g/mol. The van der Waals surface area contributed by atoms with E-state index in [1.165, 1.54) is 12.8 Å². The number of nitrogens with zero attached hydrogens (tertiary/aromatic N) is 1. The molecule has 0 aromatic rings. The van der Waals surface area contributed by atoms with Gasteiger partial charge in [0.2, 0.25) is 0 Å².